The number of imidazole rings is 1. The number of benzene rings is 2. The maximum absolute atomic E-state index is 14.1. The SMILES string of the molecule is COc1ccc(Oc2cc(NCC3COC3)c3ncc(-c4cccc(C)c4)n3n2)cc1F. The molecule has 0 unspecified atom stereocenters. The van der Waals surface area contributed by atoms with Gasteiger partial charge in [0.2, 0.25) is 5.88 Å². The third-order valence-electron chi connectivity index (χ3n) is 5.39. The first-order valence-corrected chi connectivity index (χ1v) is 10.4. The van der Waals surface area contributed by atoms with E-state index in [1.165, 1.54) is 19.2 Å². The maximum Gasteiger partial charge on any atom is 0.239 e. The molecule has 4 aromatic rings. The summed E-state index contributed by atoms with van der Waals surface area (Å²) in [7, 11) is 1.42. The molecule has 1 aliphatic heterocycles. The first kappa shape index (κ1) is 20.3. The van der Waals surface area contributed by atoms with Crippen molar-refractivity contribution in [3.05, 3.63) is 66.1 Å². The van der Waals surface area contributed by atoms with Crippen molar-refractivity contribution in [2.45, 2.75) is 6.92 Å². The number of nitrogens with one attached hydrogen (secondary N) is 1. The quantitative estimate of drug-likeness (QED) is 0.455. The standard InChI is InChI=1S/C24H23FN4O3/c1-15-4-3-5-17(8-15)21-12-27-24-20(26-11-16-13-31-14-16)10-23(28-29(21)24)32-18-6-7-22(30-2)19(25)9-18/h3-10,12,16,26H,11,13-14H2,1-2H3. The second-order valence-corrected chi connectivity index (χ2v) is 7.83. The van der Waals surface area contributed by atoms with Crippen molar-refractivity contribution in [1.82, 2.24) is 14.6 Å². The van der Waals surface area contributed by atoms with E-state index in [1.54, 1.807) is 22.8 Å². The summed E-state index contributed by atoms with van der Waals surface area (Å²) >= 11 is 0. The van der Waals surface area contributed by atoms with E-state index in [0.717, 1.165) is 42.3 Å². The minimum absolute atomic E-state index is 0.155. The number of rotatable bonds is 7. The zero-order chi connectivity index (χ0) is 22.1. The summed E-state index contributed by atoms with van der Waals surface area (Å²) in [5, 5.41) is 8.09. The number of aryl methyl sites for hydroxylation is 1. The molecule has 5 rings (SSSR count). The molecular weight excluding hydrogens is 411 g/mol. The number of hydrogen-bond acceptors (Lipinski definition) is 6. The van der Waals surface area contributed by atoms with Crippen LogP contribution >= 0.6 is 0 Å². The van der Waals surface area contributed by atoms with Gasteiger partial charge in [-0.25, -0.2) is 13.9 Å². The van der Waals surface area contributed by atoms with Gasteiger partial charge in [-0.15, -0.1) is 5.10 Å². The molecule has 0 spiro atoms. The topological polar surface area (TPSA) is 69.9 Å². The van der Waals surface area contributed by atoms with Gasteiger partial charge < -0.3 is 19.5 Å². The number of nitrogens with zero attached hydrogens (tertiary/aromatic N) is 3. The van der Waals surface area contributed by atoms with E-state index < -0.39 is 5.82 Å². The number of ether oxygens (including phenoxy) is 3. The van der Waals surface area contributed by atoms with Gasteiger partial charge in [0.25, 0.3) is 0 Å². The fourth-order valence-corrected chi connectivity index (χ4v) is 3.62. The van der Waals surface area contributed by atoms with E-state index >= 15 is 0 Å². The number of aromatic nitrogens is 3. The number of methoxy groups -OCH3 is 1. The molecular formula is C24H23FN4O3. The molecule has 1 aliphatic rings. The zero-order valence-electron chi connectivity index (χ0n) is 17.8. The fraction of sp³-hybridized carbons (Fsp3) is 0.250. The molecule has 0 radical (unpaired) electrons. The van der Waals surface area contributed by atoms with Gasteiger partial charge in [0, 0.05) is 30.2 Å². The van der Waals surface area contributed by atoms with Crippen LogP contribution in [0.2, 0.25) is 0 Å². The highest BCUT2D eigenvalue weighted by molar-refractivity contribution is 5.73. The summed E-state index contributed by atoms with van der Waals surface area (Å²) in [5.74, 6) is 0.751. The minimum Gasteiger partial charge on any atom is -0.494 e. The predicted molar refractivity (Wildman–Crippen MR) is 119 cm³/mol. The molecule has 8 heteroatoms. The number of anilines is 1. The Bertz CT molecular complexity index is 1270. The molecule has 0 aliphatic carbocycles. The van der Waals surface area contributed by atoms with Gasteiger partial charge in [0.15, 0.2) is 17.2 Å². The van der Waals surface area contributed by atoms with Crippen molar-refractivity contribution in [2.75, 3.05) is 32.2 Å². The Morgan fingerprint density at radius 1 is 1.19 bits per heavy atom. The summed E-state index contributed by atoms with van der Waals surface area (Å²) in [4.78, 5) is 4.61. The molecule has 32 heavy (non-hydrogen) atoms. The fourth-order valence-electron chi connectivity index (χ4n) is 3.62. The highest BCUT2D eigenvalue weighted by Crippen LogP contribution is 2.31. The van der Waals surface area contributed by atoms with Gasteiger partial charge in [0.05, 0.1) is 37.9 Å². The molecule has 0 atom stereocenters. The monoisotopic (exact) mass is 434 g/mol. The zero-order valence-corrected chi connectivity index (χ0v) is 17.8. The third-order valence-corrected chi connectivity index (χ3v) is 5.39. The van der Waals surface area contributed by atoms with Crippen molar-refractivity contribution >= 4 is 11.3 Å². The summed E-state index contributed by atoms with van der Waals surface area (Å²) in [6.07, 6.45) is 1.80. The Morgan fingerprint density at radius 2 is 2.06 bits per heavy atom. The second kappa shape index (κ2) is 8.47. The summed E-state index contributed by atoms with van der Waals surface area (Å²) in [6, 6.07) is 14.4. The molecule has 1 fully saturated rings. The van der Waals surface area contributed by atoms with Crippen molar-refractivity contribution in [1.29, 1.82) is 0 Å². The van der Waals surface area contributed by atoms with Crippen molar-refractivity contribution in [3.63, 3.8) is 0 Å². The van der Waals surface area contributed by atoms with Gasteiger partial charge in [-0.05, 0) is 25.1 Å². The van der Waals surface area contributed by atoms with Crippen LogP contribution in [0.5, 0.6) is 17.4 Å². The lowest BCUT2D eigenvalue weighted by Crippen LogP contribution is -2.33. The van der Waals surface area contributed by atoms with Gasteiger partial charge >= 0.3 is 0 Å². The molecule has 7 nitrogen and oxygen atoms in total. The molecule has 1 N–H and O–H groups in total. The highest BCUT2D eigenvalue weighted by atomic mass is 19.1. The molecule has 2 aromatic carbocycles. The van der Waals surface area contributed by atoms with Gasteiger partial charge in [-0.2, -0.15) is 0 Å². The van der Waals surface area contributed by atoms with Gasteiger partial charge in [0.1, 0.15) is 5.75 Å². The largest absolute Gasteiger partial charge is 0.494 e. The van der Waals surface area contributed by atoms with Gasteiger partial charge in [-0.3, -0.25) is 0 Å². The van der Waals surface area contributed by atoms with Crippen LogP contribution in [-0.4, -0.2) is 41.5 Å². The Labute approximate surface area is 184 Å². The molecule has 0 saturated carbocycles. The molecule has 0 bridgehead atoms. The smallest absolute Gasteiger partial charge is 0.239 e. The summed E-state index contributed by atoms with van der Waals surface area (Å²) in [6.45, 7) is 4.28. The first-order chi connectivity index (χ1) is 15.6. The number of halogens is 1. The van der Waals surface area contributed by atoms with Gasteiger partial charge in [-0.1, -0.05) is 23.8 Å². The molecule has 3 heterocycles. The van der Waals surface area contributed by atoms with Crippen molar-refractivity contribution < 1.29 is 18.6 Å². The van der Waals surface area contributed by atoms with Crippen LogP contribution in [0.4, 0.5) is 10.1 Å². The van der Waals surface area contributed by atoms with E-state index in [0.29, 0.717) is 23.2 Å². The normalized spacial score (nSPS) is 13.7. The molecule has 2 aromatic heterocycles. The summed E-state index contributed by atoms with van der Waals surface area (Å²) in [5.41, 5.74) is 4.45. The lowest BCUT2D eigenvalue weighted by Gasteiger charge is -2.26. The van der Waals surface area contributed by atoms with Crippen LogP contribution in [0, 0.1) is 18.7 Å². The van der Waals surface area contributed by atoms with E-state index in [-0.39, 0.29) is 5.75 Å². The van der Waals surface area contributed by atoms with Crippen LogP contribution in [0.25, 0.3) is 16.9 Å². The molecule has 164 valence electrons. The van der Waals surface area contributed by atoms with Crippen LogP contribution in [0.1, 0.15) is 5.56 Å². The average Bonchev–Trinajstić information content (AvgIpc) is 3.17. The lowest BCUT2D eigenvalue weighted by molar-refractivity contribution is -0.0248. The predicted octanol–water partition coefficient (Wildman–Crippen LogP) is 4.70. The second-order valence-electron chi connectivity index (χ2n) is 7.83. The highest BCUT2D eigenvalue weighted by Gasteiger charge is 2.20. The molecule has 0 amide bonds. The maximum atomic E-state index is 14.1. The van der Waals surface area contributed by atoms with E-state index in [2.05, 4.69) is 21.5 Å². The van der Waals surface area contributed by atoms with Crippen molar-refractivity contribution in [2.24, 2.45) is 5.92 Å². The van der Waals surface area contributed by atoms with E-state index in [9.17, 15) is 4.39 Å². The molecule has 1 saturated heterocycles. The Hall–Kier alpha value is -3.65. The Balaban J connectivity index is 1.55. The lowest BCUT2D eigenvalue weighted by atomic mass is 10.1. The minimum atomic E-state index is -0.502. The van der Waals surface area contributed by atoms with Crippen LogP contribution in [0.15, 0.2) is 54.7 Å². The Kier molecular flexibility index (Phi) is 5.36. The average molecular weight is 434 g/mol. The van der Waals surface area contributed by atoms with Crippen LogP contribution in [0.3, 0.4) is 0 Å². The third kappa shape index (κ3) is 3.97. The first-order valence-electron chi connectivity index (χ1n) is 10.4. The Morgan fingerprint density at radius 3 is 2.78 bits per heavy atom. The number of hydrogen-bond donors (Lipinski definition) is 1. The number of fused-ring (bicyclic) bond motifs is 1. The van der Waals surface area contributed by atoms with Crippen LogP contribution < -0.4 is 14.8 Å². The van der Waals surface area contributed by atoms with E-state index in [1.807, 2.05) is 25.1 Å². The van der Waals surface area contributed by atoms with E-state index in [4.69, 9.17) is 14.2 Å². The van der Waals surface area contributed by atoms with Crippen LogP contribution in [-0.2, 0) is 4.74 Å². The summed E-state index contributed by atoms with van der Waals surface area (Å²) < 4.78 is 32.1. The van der Waals surface area contributed by atoms with Crippen molar-refractivity contribution in [3.8, 4) is 28.6 Å².